The number of carbonyl (C=O) groups excluding carboxylic acids is 2. The number of benzene rings is 1. The number of carbonyl (C=O) groups is 2. The average Bonchev–Trinajstić information content (AvgIpc) is 3.25. The maximum atomic E-state index is 13.8. The van der Waals surface area contributed by atoms with Crippen LogP contribution in [-0.4, -0.2) is 67.5 Å². The Morgan fingerprint density at radius 3 is 2.79 bits per heavy atom. The Bertz CT molecular complexity index is 729. The van der Waals surface area contributed by atoms with Gasteiger partial charge in [0.2, 0.25) is 11.8 Å². The van der Waals surface area contributed by atoms with Crippen LogP contribution in [0.15, 0.2) is 24.3 Å². The molecule has 3 fully saturated rings. The summed E-state index contributed by atoms with van der Waals surface area (Å²) in [6.45, 7) is 3.45. The lowest BCUT2D eigenvalue weighted by atomic mass is 9.77. The first-order valence-electron chi connectivity index (χ1n) is 10.6. The number of hydrogen-bond acceptors (Lipinski definition) is 4. The average molecular weight is 386 g/mol. The van der Waals surface area contributed by atoms with Gasteiger partial charge in [-0.2, -0.15) is 0 Å². The van der Waals surface area contributed by atoms with E-state index in [1.54, 1.807) is 7.11 Å². The molecule has 0 spiro atoms. The van der Waals surface area contributed by atoms with Crippen LogP contribution in [0.5, 0.6) is 5.75 Å². The lowest BCUT2D eigenvalue weighted by molar-refractivity contribution is -0.143. The van der Waals surface area contributed by atoms with Gasteiger partial charge in [0.1, 0.15) is 5.75 Å². The first kappa shape index (κ1) is 19.2. The summed E-state index contributed by atoms with van der Waals surface area (Å²) in [5.41, 5.74) is 0.638. The number of likely N-dealkylation sites (tertiary alicyclic amines) is 1. The summed E-state index contributed by atoms with van der Waals surface area (Å²) >= 11 is 0. The van der Waals surface area contributed by atoms with Crippen molar-refractivity contribution in [2.24, 2.45) is 0 Å². The van der Waals surface area contributed by atoms with Crippen molar-refractivity contribution in [1.82, 2.24) is 15.1 Å². The Balaban J connectivity index is 1.56. The van der Waals surface area contributed by atoms with Crippen LogP contribution in [-0.2, 0) is 15.0 Å². The first-order chi connectivity index (χ1) is 13.6. The van der Waals surface area contributed by atoms with Crippen molar-refractivity contribution in [2.75, 3.05) is 39.8 Å². The molecule has 2 aliphatic heterocycles. The minimum Gasteiger partial charge on any atom is -0.497 e. The van der Waals surface area contributed by atoms with E-state index in [0.29, 0.717) is 13.1 Å². The number of nitrogens with zero attached hydrogens (tertiary/aromatic N) is 2. The van der Waals surface area contributed by atoms with Crippen LogP contribution in [0, 0.1) is 0 Å². The third-order valence-electron chi connectivity index (χ3n) is 6.74. The summed E-state index contributed by atoms with van der Waals surface area (Å²) < 4.78 is 5.42. The van der Waals surface area contributed by atoms with Crippen LogP contribution in [0.3, 0.4) is 0 Å². The molecule has 2 saturated heterocycles. The summed E-state index contributed by atoms with van der Waals surface area (Å²) in [4.78, 5) is 30.2. The minimum absolute atomic E-state index is 0.149. The molecule has 1 atom stereocenters. The smallest absolute Gasteiger partial charge is 0.236 e. The Labute approximate surface area is 167 Å². The quantitative estimate of drug-likeness (QED) is 0.860. The van der Waals surface area contributed by atoms with Crippen molar-refractivity contribution >= 4 is 11.8 Å². The molecular weight excluding hydrogens is 354 g/mol. The fourth-order valence-corrected chi connectivity index (χ4v) is 5.23. The fraction of sp³-hybridized carbons (Fsp3) is 0.636. The van der Waals surface area contributed by atoms with Crippen LogP contribution in [0.25, 0.3) is 0 Å². The van der Waals surface area contributed by atoms with E-state index in [0.717, 1.165) is 69.5 Å². The second kappa shape index (κ2) is 8.11. The minimum atomic E-state index is -0.441. The number of piperidine rings is 1. The summed E-state index contributed by atoms with van der Waals surface area (Å²) in [5.74, 6) is 1.21. The Morgan fingerprint density at radius 2 is 2.04 bits per heavy atom. The van der Waals surface area contributed by atoms with Crippen LogP contribution < -0.4 is 10.1 Å². The van der Waals surface area contributed by atoms with E-state index in [1.165, 1.54) is 0 Å². The number of ether oxygens (including phenoxy) is 1. The van der Waals surface area contributed by atoms with E-state index < -0.39 is 5.41 Å². The lowest BCUT2D eigenvalue weighted by Gasteiger charge is -2.43. The highest BCUT2D eigenvalue weighted by Crippen LogP contribution is 2.44. The van der Waals surface area contributed by atoms with Gasteiger partial charge in [0, 0.05) is 32.2 Å². The molecule has 1 N–H and O–H groups in total. The van der Waals surface area contributed by atoms with Crippen molar-refractivity contribution in [3.05, 3.63) is 29.8 Å². The topological polar surface area (TPSA) is 61.9 Å². The van der Waals surface area contributed by atoms with E-state index >= 15 is 0 Å². The summed E-state index contributed by atoms with van der Waals surface area (Å²) in [6.07, 6.45) is 5.90. The van der Waals surface area contributed by atoms with Crippen molar-refractivity contribution in [3.63, 3.8) is 0 Å². The van der Waals surface area contributed by atoms with Gasteiger partial charge >= 0.3 is 0 Å². The van der Waals surface area contributed by atoms with Crippen molar-refractivity contribution < 1.29 is 14.3 Å². The number of nitrogens with one attached hydrogen (secondary N) is 1. The predicted octanol–water partition coefficient (Wildman–Crippen LogP) is 1.93. The Morgan fingerprint density at radius 1 is 1.21 bits per heavy atom. The first-order valence-corrected chi connectivity index (χ1v) is 10.6. The zero-order chi connectivity index (χ0) is 19.6. The maximum absolute atomic E-state index is 13.8. The molecule has 4 rings (SSSR count). The molecule has 1 saturated carbocycles. The number of methoxy groups -OCH3 is 1. The van der Waals surface area contributed by atoms with Gasteiger partial charge in [0.25, 0.3) is 0 Å². The molecule has 1 unspecified atom stereocenters. The molecule has 0 radical (unpaired) electrons. The number of amides is 2. The largest absolute Gasteiger partial charge is 0.497 e. The van der Waals surface area contributed by atoms with Gasteiger partial charge in [-0.3, -0.25) is 9.59 Å². The van der Waals surface area contributed by atoms with Gasteiger partial charge in [-0.25, -0.2) is 0 Å². The Hall–Kier alpha value is -2.08. The highest BCUT2D eigenvalue weighted by atomic mass is 16.5. The molecule has 1 aromatic carbocycles. The van der Waals surface area contributed by atoms with Gasteiger partial charge in [0.15, 0.2) is 0 Å². The lowest BCUT2D eigenvalue weighted by Crippen LogP contribution is -2.59. The van der Waals surface area contributed by atoms with E-state index in [4.69, 9.17) is 4.74 Å². The molecule has 1 aliphatic carbocycles. The zero-order valence-electron chi connectivity index (χ0n) is 16.8. The van der Waals surface area contributed by atoms with E-state index in [-0.39, 0.29) is 17.9 Å². The summed E-state index contributed by atoms with van der Waals surface area (Å²) in [5, 5.41) is 3.14. The molecule has 6 nitrogen and oxygen atoms in total. The van der Waals surface area contributed by atoms with Crippen LogP contribution >= 0.6 is 0 Å². The fourth-order valence-electron chi connectivity index (χ4n) is 5.23. The molecule has 6 heteroatoms. The van der Waals surface area contributed by atoms with Crippen LogP contribution in [0.2, 0.25) is 0 Å². The molecule has 0 aromatic heterocycles. The third-order valence-corrected chi connectivity index (χ3v) is 6.74. The third kappa shape index (κ3) is 3.50. The number of piperazine rings is 1. The van der Waals surface area contributed by atoms with E-state index in [1.807, 2.05) is 28.0 Å². The van der Waals surface area contributed by atoms with Gasteiger partial charge in [-0.05, 0) is 43.4 Å². The van der Waals surface area contributed by atoms with Gasteiger partial charge in [0.05, 0.1) is 19.1 Å². The van der Waals surface area contributed by atoms with Gasteiger partial charge in [-0.15, -0.1) is 0 Å². The predicted molar refractivity (Wildman–Crippen MR) is 107 cm³/mol. The van der Waals surface area contributed by atoms with Crippen LogP contribution in [0.4, 0.5) is 0 Å². The molecule has 1 aromatic rings. The standard InChI is InChI=1S/C22H31N3O3/c1-28-19-8-4-6-17(14-19)22(9-2-3-10-22)21(27)24-12-5-7-18(16-24)25-13-11-23-15-20(25)26/h4,6,8,14,18,23H,2-3,5,7,9-13,15-16H2,1H3. The highest BCUT2D eigenvalue weighted by Gasteiger charge is 2.46. The SMILES string of the molecule is COc1cccc(C2(C(=O)N3CCCC(N4CCNCC4=O)C3)CCCC2)c1. The summed E-state index contributed by atoms with van der Waals surface area (Å²) in [7, 11) is 1.67. The molecular formula is C22H31N3O3. The second-order valence-corrected chi connectivity index (χ2v) is 8.33. The zero-order valence-corrected chi connectivity index (χ0v) is 16.8. The van der Waals surface area contributed by atoms with Crippen LogP contribution in [0.1, 0.15) is 44.1 Å². The molecule has 0 bridgehead atoms. The molecule has 3 aliphatic rings. The monoisotopic (exact) mass is 385 g/mol. The second-order valence-electron chi connectivity index (χ2n) is 8.33. The molecule has 2 amide bonds. The molecule has 2 heterocycles. The number of rotatable bonds is 4. The highest BCUT2D eigenvalue weighted by molar-refractivity contribution is 5.89. The summed E-state index contributed by atoms with van der Waals surface area (Å²) in [6, 6.07) is 8.18. The Kier molecular flexibility index (Phi) is 5.58. The molecule has 28 heavy (non-hydrogen) atoms. The van der Waals surface area contributed by atoms with E-state index in [9.17, 15) is 9.59 Å². The van der Waals surface area contributed by atoms with E-state index in [2.05, 4.69) is 11.4 Å². The van der Waals surface area contributed by atoms with Crippen molar-refractivity contribution in [1.29, 1.82) is 0 Å². The molecule has 152 valence electrons. The van der Waals surface area contributed by atoms with Crippen molar-refractivity contribution in [3.8, 4) is 5.75 Å². The normalized spacial score (nSPS) is 25.0. The number of hydrogen-bond donors (Lipinski definition) is 1. The maximum Gasteiger partial charge on any atom is 0.236 e. The van der Waals surface area contributed by atoms with Crippen molar-refractivity contribution in [2.45, 2.75) is 50.0 Å². The van der Waals surface area contributed by atoms with Gasteiger partial charge in [-0.1, -0.05) is 25.0 Å². The van der Waals surface area contributed by atoms with Gasteiger partial charge < -0.3 is 19.9 Å².